The monoisotopic (exact) mass is 403 g/mol. The first kappa shape index (κ1) is 19.1. The second-order valence-corrected chi connectivity index (χ2v) is 9.89. The highest BCUT2D eigenvalue weighted by molar-refractivity contribution is 7.21. The first-order chi connectivity index (χ1) is 13.3. The van der Waals surface area contributed by atoms with Gasteiger partial charge in [0.05, 0.1) is 5.69 Å². The molecular weight excluding hydrogens is 374 g/mol. The molecule has 2 aromatic rings. The van der Waals surface area contributed by atoms with Crippen molar-refractivity contribution in [3.8, 4) is 10.0 Å². The van der Waals surface area contributed by atoms with Gasteiger partial charge in [-0.3, -0.25) is 4.79 Å². The molecule has 0 bridgehead atoms. The van der Waals surface area contributed by atoms with Gasteiger partial charge in [-0.1, -0.05) is 32.6 Å². The number of thiazole rings is 2. The number of amides is 1. The van der Waals surface area contributed by atoms with Crippen LogP contribution in [0.5, 0.6) is 0 Å². The Bertz CT molecular complexity index is 768. The minimum Gasteiger partial charge on any atom is -0.351 e. The molecule has 0 saturated heterocycles. The third-order valence-corrected chi connectivity index (χ3v) is 7.93. The average molecular weight is 404 g/mol. The van der Waals surface area contributed by atoms with E-state index in [1.54, 1.807) is 22.7 Å². The van der Waals surface area contributed by atoms with E-state index in [1.165, 1.54) is 66.8 Å². The van der Waals surface area contributed by atoms with Crippen LogP contribution in [0.25, 0.3) is 10.0 Å². The van der Waals surface area contributed by atoms with Gasteiger partial charge in [0.2, 0.25) is 0 Å². The Balaban J connectivity index is 1.44. The highest BCUT2D eigenvalue weighted by Crippen LogP contribution is 2.47. The molecule has 2 aliphatic carbocycles. The van der Waals surface area contributed by atoms with Gasteiger partial charge < -0.3 is 5.32 Å². The van der Waals surface area contributed by atoms with Gasteiger partial charge in [0.25, 0.3) is 5.91 Å². The van der Waals surface area contributed by atoms with Crippen LogP contribution in [0.15, 0.2) is 0 Å². The lowest BCUT2D eigenvalue weighted by atomic mass is 10.0. The van der Waals surface area contributed by atoms with Gasteiger partial charge >= 0.3 is 0 Å². The molecule has 0 unspecified atom stereocenters. The number of hydrogen-bond acceptors (Lipinski definition) is 5. The number of hydrogen-bond donors (Lipinski definition) is 1. The topological polar surface area (TPSA) is 54.9 Å². The predicted octanol–water partition coefficient (Wildman–Crippen LogP) is 5.72. The zero-order valence-corrected chi connectivity index (χ0v) is 17.8. The molecular formula is C21H29N3OS2. The van der Waals surface area contributed by atoms with Crippen molar-refractivity contribution in [1.29, 1.82) is 0 Å². The van der Waals surface area contributed by atoms with Crippen LogP contribution in [0.3, 0.4) is 0 Å². The summed E-state index contributed by atoms with van der Waals surface area (Å²) in [4.78, 5) is 25.0. The van der Waals surface area contributed by atoms with Crippen LogP contribution in [-0.4, -0.2) is 22.4 Å². The van der Waals surface area contributed by atoms with E-state index in [0.29, 0.717) is 11.6 Å². The summed E-state index contributed by atoms with van der Waals surface area (Å²) in [5.74, 6) is 0.548. The van der Waals surface area contributed by atoms with Crippen molar-refractivity contribution in [1.82, 2.24) is 15.3 Å². The summed E-state index contributed by atoms with van der Waals surface area (Å²) in [6, 6.07) is 0. The minimum atomic E-state index is 0.0104. The molecule has 27 heavy (non-hydrogen) atoms. The highest BCUT2D eigenvalue weighted by atomic mass is 32.1. The van der Waals surface area contributed by atoms with Crippen LogP contribution in [0.2, 0.25) is 0 Å². The van der Waals surface area contributed by atoms with E-state index < -0.39 is 0 Å². The lowest BCUT2D eigenvalue weighted by Gasteiger charge is -2.06. The van der Waals surface area contributed by atoms with Crippen LogP contribution in [0.1, 0.15) is 96.6 Å². The van der Waals surface area contributed by atoms with Gasteiger partial charge in [-0.05, 0) is 50.9 Å². The Labute approximate surface area is 169 Å². The van der Waals surface area contributed by atoms with Crippen LogP contribution >= 0.6 is 22.7 Å². The van der Waals surface area contributed by atoms with Gasteiger partial charge in [-0.2, -0.15) is 0 Å². The summed E-state index contributed by atoms with van der Waals surface area (Å²) in [6.45, 7) is 2.98. The van der Waals surface area contributed by atoms with Crippen molar-refractivity contribution >= 4 is 28.6 Å². The molecule has 2 heterocycles. The second-order valence-electron chi connectivity index (χ2n) is 7.77. The minimum absolute atomic E-state index is 0.0104. The molecule has 1 amide bonds. The Morgan fingerprint density at radius 3 is 2.59 bits per heavy atom. The maximum atomic E-state index is 12.7. The van der Waals surface area contributed by atoms with Gasteiger partial charge in [-0.15, -0.1) is 22.7 Å². The van der Waals surface area contributed by atoms with Gasteiger partial charge in [-0.25, -0.2) is 9.97 Å². The zero-order valence-electron chi connectivity index (χ0n) is 16.2. The highest BCUT2D eigenvalue weighted by Gasteiger charge is 2.32. The van der Waals surface area contributed by atoms with Gasteiger partial charge in [0, 0.05) is 16.3 Å². The number of rotatable bonds is 9. The van der Waals surface area contributed by atoms with Crippen LogP contribution in [0, 0.1) is 0 Å². The van der Waals surface area contributed by atoms with E-state index in [-0.39, 0.29) is 5.91 Å². The molecule has 0 radical (unpaired) electrons. The summed E-state index contributed by atoms with van der Waals surface area (Å²) in [7, 11) is 0. The first-order valence-electron chi connectivity index (χ1n) is 10.5. The quantitative estimate of drug-likeness (QED) is 0.545. The number of fused-ring (bicyclic) bond motifs is 1. The molecule has 6 heteroatoms. The van der Waals surface area contributed by atoms with Crippen molar-refractivity contribution in [3.05, 3.63) is 21.1 Å². The molecule has 0 aliphatic heterocycles. The average Bonchev–Trinajstić information content (AvgIpc) is 3.28. The van der Waals surface area contributed by atoms with Crippen LogP contribution in [-0.2, 0) is 12.8 Å². The molecule has 1 N–H and O–H groups in total. The van der Waals surface area contributed by atoms with Crippen molar-refractivity contribution in [2.45, 2.75) is 83.5 Å². The number of carbonyl (C=O) groups is 1. The van der Waals surface area contributed by atoms with Crippen LogP contribution in [0.4, 0.5) is 0 Å². The van der Waals surface area contributed by atoms with E-state index in [1.807, 2.05) is 0 Å². The third kappa shape index (κ3) is 4.60. The fraction of sp³-hybridized carbons (Fsp3) is 0.667. The number of nitrogens with one attached hydrogen (secondary N) is 1. The summed E-state index contributed by atoms with van der Waals surface area (Å²) < 4.78 is 0. The Morgan fingerprint density at radius 2 is 1.81 bits per heavy atom. The summed E-state index contributed by atoms with van der Waals surface area (Å²) in [5, 5.41) is 5.07. The normalized spacial score (nSPS) is 16.3. The molecule has 0 atom stereocenters. The molecule has 146 valence electrons. The van der Waals surface area contributed by atoms with Gasteiger partial charge in [0.1, 0.15) is 5.69 Å². The molecule has 2 aromatic heterocycles. The number of carbonyl (C=O) groups excluding carboxylic acids is 1. The number of nitrogens with zero attached hydrogens (tertiary/aromatic N) is 2. The fourth-order valence-corrected chi connectivity index (χ4v) is 6.07. The summed E-state index contributed by atoms with van der Waals surface area (Å²) in [5.41, 5.74) is 1.93. The fourth-order valence-electron chi connectivity index (χ4n) is 3.67. The van der Waals surface area contributed by atoms with E-state index in [0.717, 1.165) is 35.8 Å². The third-order valence-electron chi connectivity index (χ3n) is 5.41. The molecule has 4 nitrogen and oxygen atoms in total. The number of aromatic nitrogens is 2. The lowest BCUT2D eigenvalue weighted by molar-refractivity contribution is 0.0947. The Hall–Kier alpha value is -1.27. The Kier molecular flexibility index (Phi) is 6.23. The number of aryl methyl sites for hydroxylation is 2. The standard InChI is InChI=1S/C21H29N3OS2/c1-2-3-4-5-8-13-22-19(25)17-18(14-11-12-14)27-21(24-17)20-23-15-9-6-7-10-16(15)26-20/h14H,2-13H2,1H3,(H,22,25). The lowest BCUT2D eigenvalue weighted by Crippen LogP contribution is -2.25. The summed E-state index contributed by atoms with van der Waals surface area (Å²) >= 11 is 3.49. The smallest absolute Gasteiger partial charge is 0.271 e. The molecule has 1 saturated carbocycles. The van der Waals surface area contributed by atoms with Crippen molar-refractivity contribution in [3.63, 3.8) is 0 Å². The Morgan fingerprint density at radius 1 is 1.04 bits per heavy atom. The predicted molar refractivity (Wildman–Crippen MR) is 113 cm³/mol. The SMILES string of the molecule is CCCCCCCNC(=O)c1nc(-c2nc3c(s2)CCCC3)sc1C1CC1. The summed E-state index contributed by atoms with van der Waals surface area (Å²) in [6.07, 6.45) is 13.2. The zero-order chi connectivity index (χ0) is 18.6. The number of unbranched alkanes of at least 4 members (excludes halogenated alkanes) is 4. The van der Waals surface area contributed by atoms with Crippen LogP contribution < -0.4 is 5.32 Å². The maximum Gasteiger partial charge on any atom is 0.271 e. The van der Waals surface area contributed by atoms with E-state index in [2.05, 4.69) is 12.2 Å². The van der Waals surface area contributed by atoms with E-state index in [4.69, 9.17) is 9.97 Å². The molecule has 2 aliphatic rings. The largest absolute Gasteiger partial charge is 0.351 e. The van der Waals surface area contributed by atoms with Crippen molar-refractivity contribution in [2.75, 3.05) is 6.54 Å². The molecule has 0 spiro atoms. The molecule has 4 rings (SSSR count). The maximum absolute atomic E-state index is 12.7. The van der Waals surface area contributed by atoms with E-state index >= 15 is 0 Å². The first-order valence-corrected chi connectivity index (χ1v) is 12.2. The molecule has 1 fully saturated rings. The van der Waals surface area contributed by atoms with Crippen molar-refractivity contribution < 1.29 is 4.79 Å². The van der Waals surface area contributed by atoms with E-state index in [9.17, 15) is 4.79 Å². The van der Waals surface area contributed by atoms with Crippen molar-refractivity contribution in [2.24, 2.45) is 0 Å². The molecule has 0 aromatic carbocycles. The van der Waals surface area contributed by atoms with Gasteiger partial charge in [0.15, 0.2) is 10.0 Å². The second kappa shape index (κ2) is 8.82.